The zero-order valence-electron chi connectivity index (χ0n) is 15.1. The van der Waals surface area contributed by atoms with Gasteiger partial charge in [-0.1, -0.05) is 18.2 Å². The fraction of sp³-hybridized carbons (Fsp3) is 0.316. The highest BCUT2D eigenvalue weighted by Crippen LogP contribution is 2.23. The van der Waals surface area contributed by atoms with E-state index in [2.05, 4.69) is 25.9 Å². The zero-order valence-corrected chi connectivity index (χ0v) is 15.1. The number of nitrogens with zero attached hydrogens (tertiary/aromatic N) is 3. The summed E-state index contributed by atoms with van der Waals surface area (Å²) in [5, 5.41) is 0. The standard InChI is InChI=1S/C19H21N5O3/c1-23(18(25)14-10-15-17(20-11-14)22-19(26)21-15)12-13-4-2-3-5-16(13)24-6-8-27-9-7-24/h2-5,10-11H,6-9,12H2,1H3,(H2,20,21,22,26). The van der Waals surface area contributed by atoms with Crippen LogP contribution in [0.4, 0.5) is 5.69 Å². The summed E-state index contributed by atoms with van der Waals surface area (Å²) in [7, 11) is 1.77. The minimum atomic E-state index is -0.338. The summed E-state index contributed by atoms with van der Waals surface area (Å²) in [5.41, 5.74) is 3.27. The number of hydrogen-bond acceptors (Lipinski definition) is 5. The predicted octanol–water partition coefficient (Wildman–Crippen LogP) is 1.36. The molecule has 1 amide bonds. The van der Waals surface area contributed by atoms with Crippen LogP contribution in [0.1, 0.15) is 15.9 Å². The molecule has 1 aliphatic rings. The Morgan fingerprint density at radius 3 is 2.85 bits per heavy atom. The molecule has 2 N–H and O–H groups in total. The van der Waals surface area contributed by atoms with Gasteiger partial charge in [-0.25, -0.2) is 9.78 Å². The Labute approximate surface area is 155 Å². The maximum atomic E-state index is 12.8. The number of ether oxygens (including phenoxy) is 1. The largest absolute Gasteiger partial charge is 0.378 e. The van der Waals surface area contributed by atoms with E-state index in [1.807, 2.05) is 18.2 Å². The van der Waals surface area contributed by atoms with E-state index in [-0.39, 0.29) is 11.6 Å². The minimum absolute atomic E-state index is 0.150. The Kier molecular flexibility index (Phi) is 4.64. The van der Waals surface area contributed by atoms with Crippen LogP contribution in [0.3, 0.4) is 0 Å². The first-order chi connectivity index (χ1) is 13.1. The number of morpholine rings is 1. The number of carbonyl (C=O) groups excluding carboxylic acids is 1. The molecule has 8 heteroatoms. The van der Waals surface area contributed by atoms with Crippen molar-refractivity contribution >= 4 is 22.8 Å². The van der Waals surface area contributed by atoms with Gasteiger partial charge in [-0.2, -0.15) is 0 Å². The second-order valence-corrected chi connectivity index (χ2v) is 6.59. The third-order valence-electron chi connectivity index (χ3n) is 4.71. The molecule has 0 bridgehead atoms. The summed E-state index contributed by atoms with van der Waals surface area (Å²) in [6, 6.07) is 9.76. The molecule has 140 valence electrons. The van der Waals surface area contributed by atoms with Crippen molar-refractivity contribution in [3.8, 4) is 0 Å². The van der Waals surface area contributed by atoms with E-state index < -0.39 is 0 Å². The number of hydrogen-bond donors (Lipinski definition) is 2. The van der Waals surface area contributed by atoms with E-state index in [9.17, 15) is 9.59 Å². The van der Waals surface area contributed by atoms with Gasteiger partial charge in [-0.15, -0.1) is 0 Å². The molecule has 0 radical (unpaired) electrons. The van der Waals surface area contributed by atoms with E-state index in [0.29, 0.717) is 36.5 Å². The Bertz CT molecular complexity index is 1020. The average molecular weight is 367 g/mol. The van der Waals surface area contributed by atoms with E-state index in [1.54, 1.807) is 18.0 Å². The lowest BCUT2D eigenvalue weighted by atomic mass is 10.1. The van der Waals surface area contributed by atoms with Crippen LogP contribution >= 0.6 is 0 Å². The molecule has 3 heterocycles. The van der Waals surface area contributed by atoms with Crippen LogP contribution in [0.25, 0.3) is 11.2 Å². The van der Waals surface area contributed by atoms with Gasteiger partial charge in [0.05, 0.1) is 24.3 Å². The number of nitrogens with one attached hydrogen (secondary N) is 2. The van der Waals surface area contributed by atoms with Crippen LogP contribution in [0, 0.1) is 0 Å². The number of aromatic nitrogens is 3. The van der Waals surface area contributed by atoms with Crippen molar-refractivity contribution in [3.63, 3.8) is 0 Å². The number of anilines is 1. The normalized spacial score (nSPS) is 14.5. The smallest absolute Gasteiger partial charge is 0.325 e. The molecule has 1 aromatic carbocycles. The molecule has 1 aliphatic heterocycles. The fourth-order valence-electron chi connectivity index (χ4n) is 3.34. The number of H-pyrrole nitrogens is 2. The lowest BCUT2D eigenvalue weighted by molar-refractivity contribution is 0.0784. The molecular weight excluding hydrogens is 346 g/mol. The SMILES string of the molecule is CN(Cc1ccccc1N1CCOCC1)C(=O)c1cnc2[nH]c(=O)[nH]c2c1. The van der Waals surface area contributed by atoms with Gasteiger partial charge in [0.1, 0.15) is 0 Å². The average Bonchev–Trinajstić information content (AvgIpc) is 3.07. The van der Waals surface area contributed by atoms with Gasteiger partial charge in [0, 0.05) is 38.6 Å². The first kappa shape index (κ1) is 17.3. The van der Waals surface area contributed by atoms with Crippen LogP contribution in [0.15, 0.2) is 41.3 Å². The number of pyridine rings is 1. The summed E-state index contributed by atoms with van der Waals surface area (Å²) >= 11 is 0. The second kappa shape index (κ2) is 7.24. The van der Waals surface area contributed by atoms with Gasteiger partial charge in [0.25, 0.3) is 5.91 Å². The van der Waals surface area contributed by atoms with Gasteiger partial charge in [-0.3, -0.25) is 9.78 Å². The van der Waals surface area contributed by atoms with E-state index in [4.69, 9.17) is 4.74 Å². The van der Waals surface area contributed by atoms with E-state index in [1.165, 1.54) is 6.20 Å². The second-order valence-electron chi connectivity index (χ2n) is 6.59. The molecular formula is C19H21N5O3. The van der Waals surface area contributed by atoms with Crippen LogP contribution in [-0.2, 0) is 11.3 Å². The lowest BCUT2D eigenvalue weighted by Crippen LogP contribution is -2.37. The molecule has 1 saturated heterocycles. The highest BCUT2D eigenvalue weighted by Gasteiger charge is 2.18. The topological polar surface area (TPSA) is 94.3 Å². The minimum Gasteiger partial charge on any atom is -0.378 e. The molecule has 2 aromatic heterocycles. The molecule has 4 rings (SSSR count). The third kappa shape index (κ3) is 3.56. The van der Waals surface area contributed by atoms with Crippen molar-refractivity contribution in [2.45, 2.75) is 6.54 Å². The summed E-state index contributed by atoms with van der Waals surface area (Å²) < 4.78 is 5.43. The van der Waals surface area contributed by atoms with Gasteiger partial charge in [0.2, 0.25) is 0 Å². The lowest BCUT2D eigenvalue weighted by Gasteiger charge is -2.31. The summed E-state index contributed by atoms with van der Waals surface area (Å²) in [5.74, 6) is -0.150. The Morgan fingerprint density at radius 2 is 2.04 bits per heavy atom. The van der Waals surface area contributed by atoms with Crippen molar-refractivity contribution in [3.05, 3.63) is 58.1 Å². The molecule has 0 atom stereocenters. The van der Waals surface area contributed by atoms with Gasteiger partial charge < -0.3 is 19.5 Å². The number of rotatable bonds is 4. The molecule has 0 unspecified atom stereocenters. The van der Waals surface area contributed by atoms with Crippen molar-refractivity contribution in [1.82, 2.24) is 19.9 Å². The number of carbonyl (C=O) groups is 1. The van der Waals surface area contributed by atoms with Crippen molar-refractivity contribution < 1.29 is 9.53 Å². The first-order valence-corrected chi connectivity index (χ1v) is 8.86. The van der Waals surface area contributed by atoms with Crippen molar-refractivity contribution in [2.75, 3.05) is 38.3 Å². The predicted molar refractivity (Wildman–Crippen MR) is 102 cm³/mol. The monoisotopic (exact) mass is 367 g/mol. The van der Waals surface area contributed by atoms with Crippen molar-refractivity contribution in [1.29, 1.82) is 0 Å². The zero-order chi connectivity index (χ0) is 18.8. The van der Waals surface area contributed by atoms with Crippen LogP contribution in [0.5, 0.6) is 0 Å². The Morgan fingerprint density at radius 1 is 1.26 bits per heavy atom. The molecule has 1 fully saturated rings. The summed E-state index contributed by atoms with van der Waals surface area (Å²) in [6.07, 6.45) is 1.48. The molecule has 8 nitrogen and oxygen atoms in total. The maximum Gasteiger partial charge on any atom is 0.325 e. The van der Waals surface area contributed by atoms with E-state index >= 15 is 0 Å². The van der Waals surface area contributed by atoms with Crippen LogP contribution in [0.2, 0.25) is 0 Å². The highest BCUT2D eigenvalue weighted by molar-refractivity contribution is 5.96. The Hall–Kier alpha value is -3.13. The number of amides is 1. The maximum absolute atomic E-state index is 12.8. The summed E-state index contributed by atoms with van der Waals surface area (Å²) in [6.45, 7) is 3.59. The summed E-state index contributed by atoms with van der Waals surface area (Å²) in [4.78, 5) is 37.5. The molecule has 0 saturated carbocycles. The van der Waals surface area contributed by atoms with Crippen LogP contribution in [-0.4, -0.2) is 59.1 Å². The van der Waals surface area contributed by atoms with Gasteiger partial charge in [-0.05, 0) is 17.7 Å². The molecule has 0 aliphatic carbocycles. The van der Waals surface area contributed by atoms with Crippen LogP contribution < -0.4 is 10.6 Å². The highest BCUT2D eigenvalue weighted by atomic mass is 16.5. The third-order valence-corrected chi connectivity index (χ3v) is 4.71. The number of benzene rings is 1. The van der Waals surface area contributed by atoms with Gasteiger partial charge >= 0.3 is 5.69 Å². The number of imidazole rings is 1. The molecule has 27 heavy (non-hydrogen) atoms. The van der Waals surface area contributed by atoms with E-state index in [0.717, 1.165) is 24.3 Å². The number of fused-ring (bicyclic) bond motifs is 1. The fourth-order valence-corrected chi connectivity index (χ4v) is 3.34. The van der Waals surface area contributed by atoms with Gasteiger partial charge in [0.15, 0.2) is 5.65 Å². The van der Waals surface area contributed by atoms with Crippen molar-refractivity contribution in [2.24, 2.45) is 0 Å². The quantitative estimate of drug-likeness (QED) is 0.726. The number of aromatic amines is 2. The molecule has 3 aromatic rings. The number of para-hydroxylation sites is 1. The first-order valence-electron chi connectivity index (χ1n) is 8.86. The Balaban J connectivity index is 1.55. The molecule has 0 spiro atoms.